The number of anilines is 1. The molecule has 7 nitrogen and oxygen atoms in total. The molecule has 2 aromatic carbocycles. The van der Waals surface area contributed by atoms with Gasteiger partial charge in [0.1, 0.15) is 10.8 Å². The predicted molar refractivity (Wildman–Crippen MR) is 123 cm³/mol. The molecule has 0 unspecified atom stereocenters. The highest BCUT2D eigenvalue weighted by atomic mass is 32.1. The molecule has 0 aliphatic rings. The molecule has 0 aliphatic carbocycles. The highest BCUT2D eigenvalue weighted by molar-refractivity contribution is 7.18. The van der Waals surface area contributed by atoms with Gasteiger partial charge in [-0.05, 0) is 36.6 Å². The summed E-state index contributed by atoms with van der Waals surface area (Å²) in [6.07, 6.45) is 0. The fourth-order valence-corrected chi connectivity index (χ4v) is 4.18. The van der Waals surface area contributed by atoms with E-state index >= 15 is 0 Å². The number of aryl methyl sites for hydroxylation is 1. The topological polar surface area (TPSA) is 93.7 Å². The number of ether oxygens (including phenoxy) is 2. The van der Waals surface area contributed by atoms with Crippen LogP contribution in [0, 0.1) is 13.8 Å². The lowest BCUT2D eigenvalue weighted by Crippen LogP contribution is -2.22. The molecule has 166 valence electrons. The Morgan fingerprint density at radius 2 is 1.66 bits per heavy atom. The van der Waals surface area contributed by atoms with E-state index in [1.165, 1.54) is 7.11 Å². The van der Waals surface area contributed by atoms with Crippen LogP contribution in [0.4, 0.5) is 5.00 Å². The van der Waals surface area contributed by atoms with Crippen LogP contribution >= 0.6 is 11.3 Å². The molecule has 2 amide bonds. The summed E-state index contributed by atoms with van der Waals surface area (Å²) < 4.78 is 10.4. The van der Waals surface area contributed by atoms with Gasteiger partial charge >= 0.3 is 5.97 Å². The van der Waals surface area contributed by atoms with Crippen molar-refractivity contribution in [2.45, 2.75) is 20.4 Å². The minimum atomic E-state index is -0.629. The number of nitrogens with one attached hydrogen (secondary N) is 2. The second-order valence-corrected chi connectivity index (χ2v) is 8.04. The third kappa shape index (κ3) is 5.53. The number of carbonyl (C=O) groups excluding carboxylic acids is 3. The van der Waals surface area contributed by atoms with Gasteiger partial charge in [-0.15, -0.1) is 11.3 Å². The molecule has 32 heavy (non-hydrogen) atoms. The minimum Gasteiger partial charge on any atom is -0.483 e. The molecule has 0 spiro atoms. The van der Waals surface area contributed by atoms with Crippen LogP contribution in [0.5, 0.6) is 5.75 Å². The van der Waals surface area contributed by atoms with Crippen LogP contribution in [0.25, 0.3) is 0 Å². The monoisotopic (exact) mass is 452 g/mol. The van der Waals surface area contributed by atoms with E-state index in [-0.39, 0.29) is 23.1 Å². The van der Waals surface area contributed by atoms with E-state index in [4.69, 9.17) is 9.47 Å². The Balaban J connectivity index is 1.74. The molecule has 0 atom stereocenters. The number of para-hydroxylation sites is 1. The first kappa shape index (κ1) is 23.0. The summed E-state index contributed by atoms with van der Waals surface area (Å²) in [5.74, 6) is -0.816. The van der Waals surface area contributed by atoms with Crippen LogP contribution in [-0.2, 0) is 16.1 Å². The molecule has 0 bridgehead atoms. The quantitative estimate of drug-likeness (QED) is 0.502. The Hall–Kier alpha value is -3.65. The molecule has 1 aromatic heterocycles. The second-order valence-electron chi connectivity index (χ2n) is 7.02. The zero-order chi connectivity index (χ0) is 23.1. The number of amides is 2. The summed E-state index contributed by atoms with van der Waals surface area (Å²) >= 11 is 1.03. The minimum absolute atomic E-state index is 0.159. The average Bonchev–Trinajstić information content (AvgIpc) is 3.12. The predicted octanol–water partition coefficient (Wildman–Crippen LogP) is 4.10. The number of carbonyl (C=O) groups is 3. The Kier molecular flexibility index (Phi) is 7.62. The molecule has 0 radical (unpaired) electrons. The lowest BCUT2D eigenvalue weighted by molar-refractivity contribution is -0.118. The third-order valence-corrected chi connectivity index (χ3v) is 5.95. The van der Waals surface area contributed by atoms with Crippen LogP contribution in [0.15, 0.2) is 54.6 Å². The Morgan fingerprint density at radius 3 is 2.34 bits per heavy atom. The van der Waals surface area contributed by atoms with Gasteiger partial charge in [-0.25, -0.2) is 4.79 Å². The summed E-state index contributed by atoms with van der Waals surface area (Å²) in [5, 5.41) is 5.77. The summed E-state index contributed by atoms with van der Waals surface area (Å²) in [6.45, 7) is 3.64. The van der Waals surface area contributed by atoms with E-state index < -0.39 is 11.9 Å². The van der Waals surface area contributed by atoms with Crippen LogP contribution < -0.4 is 15.4 Å². The number of esters is 1. The van der Waals surface area contributed by atoms with E-state index in [0.29, 0.717) is 22.7 Å². The maximum atomic E-state index is 12.8. The van der Waals surface area contributed by atoms with Gasteiger partial charge in [0.15, 0.2) is 6.61 Å². The number of methoxy groups -OCH3 is 1. The van der Waals surface area contributed by atoms with Gasteiger partial charge in [-0.1, -0.05) is 48.5 Å². The van der Waals surface area contributed by atoms with Crippen molar-refractivity contribution in [3.05, 3.63) is 81.7 Å². The van der Waals surface area contributed by atoms with Crippen molar-refractivity contribution >= 4 is 34.1 Å². The first-order chi connectivity index (χ1) is 15.4. The van der Waals surface area contributed by atoms with E-state index in [1.807, 2.05) is 55.5 Å². The van der Waals surface area contributed by atoms with Crippen LogP contribution in [0.3, 0.4) is 0 Å². The molecule has 2 N–H and O–H groups in total. The van der Waals surface area contributed by atoms with Crippen molar-refractivity contribution in [3.8, 4) is 5.75 Å². The standard InChI is InChI=1S/C24H24N2O5S/c1-15-9-7-8-12-18(15)31-14-19(27)26-23-20(24(29)30-3)16(2)21(32-23)22(28)25-13-17-10-5-4-6-11-17/h4-12H,13-14H2,1-3H3,(H,25,28)(H,26,27). The van der Waals surface area contributed by atoms with E-state index in [0.717, 1.165) is 22.5 Å². The van der Waals surface area contributed by atoms with Gasteiger partial charge < -0.3 is 20.1 Å². The molecule has 0 saturated carbocycles. The fourth-order valence-electron chi connectivity index (χ4n) is 3.05. The van der Waals surface area contributed by atoms with E-state index in [9.17, 15) is 14.4 Å². The lowest BCUT2D eigenvalue weighted by atomic mass is 10.1. The van der Waals surface area contributed by atoms with Gasteiger partial charge in [0, 0.05) is 6.54 Å². The van der Waals surface area contributed by atoms with Crippen molar-refractivity contribution in [1.29, 1.82) is 0 Å². The number of thiophene rings is 1. The highest BCUT2D eigenvalue weighted by Gasteiger charge is 2.26. The normalized spacial score (nSPS) is 10.3. The molecule has 0 fully saturated rings. The molecule has 8 heteroatoms. The average molecular weight is 453 g/mol. The third-order valence-electron chi connectivity index (χ3n) is 4.74. The van der Waals surface area contributed by atoms with E-state index in [1.54, 1.807) is 13.0 Å². The Bertz CT molecular complexity index is 1120. The van der Waals surface area contributed by atoms with Gasteiger partial charge in [0.25, 0.3) is 11.8 Å². The maximum absolute atomic E-state index is 12.8. The summed E-state index contributed by atoms with van der Waals surface area (Å²) in [4.78, 5) is 37.9. The van der Waals surface area contributed by atoms with Gasteiger partial charge in [0.2, 0.25) is 0 Å². The Morgan fingerprint density at radius 1 is 0.969 bits per heavy atom. The molecule has 3 rings (SSSR count). The molecular formula is C24H24N2O5S. The first-order valence-corrected chi connectivity index (χ1v) is 10.7. The van der Waals surface area contributed by atoms with Crippen LogP contribution in [-0.4, -0.2) is 31.5 Å². The number of rotatable bonds is 8. The number of hydrogen-bond acceptors (Lipinski definition) is 6. The summed E-state index contributed by atoms with van der Waals surface area (Å²) in [5.41, 5.74) is 2.46. The molecule has 0 saturated heterocycles. The SMILES string of the molecule is COC(=O)c1c(NC(=O)COc2ccccc2C)sc(C(=O)NCc2ccccc2)c1C. The van der Waals surface area contributed by atoms with Gasteiger partial charge in [-0.2, -0.15) is 0 Å². The van der Waals surface area contributed by atoms with Crippen LogP contribution in [0.1, 0.15) is 36.7 Å². The van der Waals surface area contributed by atoms with Gasteiger partial charge in [0.05, 0.1) is 17.6 Å². The lowest BCUT2D eigenvalue weighted by Gasteiger charge is -2.09. The first-order valence-electron chi connectivity index (χ1n) is 9.92. The van der Waals surface area contributed by atoms with Crippen molar-refractivity contribution in [1.82, 2.24) is 5.32 Å². The highest BCUT2D eigenvalue weighted by Crippen LogP contribution is 2.33. The van der Waals surface area contributed by atoms with Crippen molar-refractivity contribution in [2.24, 2.45) is 0 Å². The molecule has 0 aliphatic heterocycles. The smallest absolute Gasteiger partial charge is 0.341 e. The zero-order valence-electron chi connectivity index (χ0n) is 18.1. The molecule has 3 aromatic rings. The zero-order valence-corrected chi connectivity index (χ0v) is 18.9. The number of hydrogen-bond donors (Lipinski definition) is 2. The maximum Gasteiger partial charge on any atom is 0.341 e. The van der Waals surface area contributed by atoms with E-state index in [2.05, 4.69) is 10.6 Å². The largest absolute Gasteiger partial charge is 0.483 e. The van der Waals surface area contributed by atoms with Gasteiger partial charge in [-0.3, -0.25) is 9.59 Å². The second kappa shape index (κ2) is 10.6. The van der Waals surface area contributed by atoms with Crippen molar-refractivity contribution in [3.63, 3.8) is 0 Å². The van der Waals surface area contributed by atoms with Crippen LogP contribution in [0.2, 0.25) is 0 Å². The Labute approximate surface area is 190 Å². The van der Waals surface area contributed by atoms with Crippen molar-refractivity contribution < 1.29 is 23.9 Å². The number of benzene rings is 2. The fraction of sp³-hybridized carbons (Fsp3) is 0.208. The van der Waals surface area contributed by atoms with Crippen molar-refractivity contribution in [2.75, 3.05) is 19.0 Å². The summed E-state index contributed by atoms with van der Waals surface area (Å²) in [6, 6.07) is 16.8. The molecule has 1 heterocycles. The summed E-state index contributed by atoms with van der Waals surface area (Å²) in [7, 11) is 1.25. The molecular weight excluding hydrogens is 428 g/mol.